The average Bonchev–Trinajstić information content (AvgIpc) is 2.49. The molecular formula is C18H22O3S. The Labute approximate surface area is 136 Å². The summed E-state index contributed by atoms with van der Waals surface area (Å²) in [5.41, 5.74) is 4.72. The van der Waals surface area contributed by atoms with Gasteiger partial charge in [0, 0.05) is 12.0 Å². The molecule has 3 nitrogen and oxygen atoms in total. The number of thioether (sulfide) groups is 1. The maximum absolute atomic E-state index is 9.65. The van der Waals surface area contributed by atoms with Crippen LogP contribution >= 0.6 is 11.8 Å². The Morgan fingerprint density at radius 2 is 1.77 bits per heavy atom. The van der Waals surface area contributed by atoms with E-state index in [0.717, 1.165) is 28.2 Å². The van der Waals surface area contributed by atoms with Crippen LogP contribution in [0.25, 0.3) is 0 Å². The van der Waals surface area contributed by atoms with Crippen LogP contribution in [0.2, 0.25) is 0 Å². The fraction of sp³-hybridized carbons (Fsp3) is 0.333. The van der Waals surface area contributed by atoms with Crippen molar-refractivity contribution in [2.24, 2.45) is 0 Å². The predicted molar refractivity (Wildman–Crippen MR) is 91.1 cm³/mol. The lowest BCUT2D eigenvalue weighted by molar-refractivity contribution is 0.0491. The first-order valence-electron chi connectivity index (χ1n) is 7.13. The van der Waals surface area contributed by atoms with Crippen molar-refractivity contribution in [3.05, 3.63) is 52.6 Å². The Morgan fingerprint density at radius 1 is 1.09 bits per heavy atom. The molecule has 0 unspecified atom stereocenters. The van der Waals surface area contributed by atoms with Crippen LogP contribution in [0.1, 0.15) is 22.3 Å². The number of rotatable bonds is 6. The normalized spacial score (nSPS) is 10.7. The SMILES string of the molecule is COCOc1ccc(Cc2c(C)cc(O)cc2C)cc1SC. The zero-order chi connectivity index (χ0) is 16.1. The van der Waals surface area contributed by atoms with E-state index < -0.39 is 0 Å². The van der Waals surface area contributed by atoms with E-state index >= 15 is 0 Å². The van der Waals surface area contributed by atoms with E-state index in [0.29, 0.717) is 5.75 Å². The third-order valence-corrected chi connectivity index (χ3v) is 4.38. The summed E-state index contributed by atoms with van der Waals surface area (Å²) in [6.45, 7) is 4.32. The lowest BCUT2D eigenvalue weighted by atomic mass is 9.96. The highest BCUT2D eigenvalue weighted by Gasteiger charge is 2.09. The van der Waals surface area contributed by atoms with Crippen LogP contribution < -0.4 is 4.74 Å². The molecule has 4 heteroatoms. The lowest BCUT2D eigenvalue weighted by Gasteiger charge is -2.14. The van der Waals surface area contributed by atoms with Crippen LogP contribution in [0.3, 0.4) is 0 Å². The van der Waals surface area contributed by atoms with E-state index in [-0.39, 0.29) is 6.79 Å². The Bertz CT molecular complexity index is 630. The first-order valence-corrected chi connectivity index (χ1v) is 8.35. The Hall–Kier alpha value is -1.65. The molecule has 1 N–H and O–H groups in total. The molecule has 0 aliphatic rings. The molecule has 0 atom stereocenters. The summed E-state index contributed by atoms with van der Waals surface area (Å²) in [6.07, 6.45) is 2.88. The molecule has 0 heterocycles. The number of benzene rings is 2. The highest BCUT2D eigenvalue weighted by molar-refractivity contribution is 7.98. The van der Waals surface area contributed by atoms with Crippen LogP contribution in [-0.4, -0.2) is 25.3 Å². The Kier molecular flexibility index (Phi) is 5.75. The summed E-state index contributed by atoms with van der Waals surface area (Å²) in [6, 6.07) is 9.85. The number of hydrogen-bond acceptors (Lipinski definition) is 4. The summed E-state index contributed by atoms with van der Waals surface area (Å²) >= 11 is 1.66. The number of hydrogen-bond donors (Lipinski definition) is 1. The van der Waals surface area contributed by atoms with Crippen LogP contribution in [0, 0.1) is 13.8 Å². The summed E-state index contributed by atoms with van der Waals surface area (Å²) in [5.74, 6) is 1.17. The molecule has 2 aromatic carbocycles. The average molecular weight is 318 g/mol. The van der Waals surface area contributed by atoms with Crippen LogP contribution in [0.4, 0.5) is 0 Å². The zero-order valence-electron chi connectivity index (χ0n) is 13.5. The van der Waals surface area contributed by atoms with Crippen molar-refractivity contribution in [1.29, 1.82) is 0 Å². The summed E-state index contributed by atoms with van der Waals surface area (Å²) < 4.78 is 10.5. The van der Waals surface area contributed by atoms with Gasteiger partial charge < -0.3 is 14.6 Å². The molecule has 0 amide bonds. The third kappa shape index (κ3) is 3.96. The minimum Gasteiger partial charge on any atom is -0.508 e. The fourth-order valence-electron chi connectivity index (χ4n) is 2.52. The molecule has 0 aliphatic heterocycles. The summed E-state index contributed by atoms with van der Waals surface area (Å²) in [5, 5.41) is 9.65. The molecule has 0 saturated carbocycles. The number of methoxy groups -OCH3 is 1. The third-order valence-electron chi connectivity index (χ3n) is 3.62. The van der Waals surface area contributed by atoms with Crippen LogP contribution in [0.15, 0.2) is 35.2 Å². The van der Waals surface area contributed by atoms with Crippen molar-refractivity contribution in [2.45, 2.75) is 25.2 Å². The molecule has 2 rings (SSSR count). The van der Waals surface area contributed by atoms with Crippen LogP contribution in [-0.2, 0) is 11.2 Å². The minimum atomic E-state index is 0.253. The van der Waals surface area contributed by atoms with E-state index in [4.69, 9.17) is 9.47 Å². The second kappa shape index (κ2) is 7.56. The molecule has 0 aromatic heterocycles. The van der Waals surface area contributed by atoms with E-state index in [1.165, 1.54) is 11.1 Å². The van der Waals surface area contributed by atoms with Crippen molar-refractivity contribution < 1.29 is 14.6 Å². The maximum atomic E-state index is 9.65. The number of phenolic OH excluding ortho intramolecular Hbond substituents is 1. The van der Waals surface area contributed by atoms with Gasteiger partial charge in [0.25, 0.3) is 0 Å². The van der Waals surface area contributed by atoms with E-state index in [2.05, 4.69) is 12.1 Å². The van der Waals surface area contributed by atoms with Gasteiger partial charge in [-0.15, -0.1) is 11.8 Å². The van der Waals surface area contributed by atoms with E-state index in [9.17, 15) is 5.11 Å². The summed E-state index contributed by atoms with van der Waals surface area (Å²) in [7, 11) is 1.61. The monoisotopic (exact) mass is 318 g/mol. The number of ether oxygens (including phenoxy) is 2. The fourth-order valence-corrected chi connectivity index (χ4v) is 3.11. The van der Waals surface area contributed by atoms with Crippen molar-refractivity contribution in [1.82, 2.24) is 0 Å². The second-order valence-corrected chi connectivity index (χ2v) is 6.12. The van der Waals surface area contributed by atoms with Crippen LogP contribution in [0.5, 0.6) is 11.5 Å². The molecule has 0 radical (unpaired) electrons. The number of aryl methyl sites for hydroxylation is 2. The standard InChI is InChI=1S/C18H22O3S/c1-12-7-15(19)8-13(2)16(12)9-14-5-6-17(21-11-20-3)18(10-14)22-4/h5-8,10,19H,9,11H2,1-4H3. The van der Waals surface area contributed by atoms with Crippen molar-refractivity contribution in [3.8, 4) is 11.5 Å². The molecule has 2 aromatic rings. The predicted octanol–water partition coefficient (Wildman–Crippen LogP) is 4.30. The molecule has 22 heavy (non-hydrogen) atoms. The van der Waals surface area contributed by atoms with Gasteiger partial charge in [-0.1, -0.05) is 6.07 Å². The van der Waals surface area contributed by atoms with Gasteiger partial charge in [0.2, 0.25) is 0 Å². The molecule has 118 valence electrons. The highest BCUT2D eigenvalue weighted by Crippen LogP contribution is 2.31. The van der Waals surface area contributed by atoms with Gasteiger partial charge in [-0.2, -0.15) is 0 Å². The molecule has 0 aliphatic carbocycles. The van der Waals surface area contributed by atoms with Gasteiger partial charge in [-0.25, -0.2) is 0 Å². The van der Waals surface area contributed by atoms with Gasteiger partial charge in [-0.3, -0.25) is 0 Å². The topological polar surface area (TPSA) is 38.7 Å². The maximum Gasteiger partial charge on any atom is 0.188 e. The molecule has 0 fully saturated rings. The quantitative estimate of drug-likeness (QED) is 0.636. The number of aromatic hydroxyl groups is 1. The largest absolute Gasteiger partial charge is 0.508 e. The number of phenols is 1. The molecular weight excluding hydrogens is 296 g/mol. The van der Waals surface area contributed by atoms with E-state index in [1.807, 2.05) is 38.3 Å². The Morgan fingerprint density at radius 3 is 2.36 bits per heavy atom. The van der Waals surface area contributed by atoms with Gasteiger partial charge >= 0.3 is 0 Å². The molecule has 0 spiro atoms. The minimum absolute atomic E-state index is 0.253. The first-order chi connectivity index (χ1) is 10.5. The van der Waals surface area contributed by atoms with Gasteiger partial charge in [-0.05, 0) is 73.0 Å². The van der Waals surface area contributed by atoms with Crippen molar-refractivity contribution in [2.75, 3.05) is 20.2 Å². The van der Waals surface area contributed by atoms with Crippen molar-refractivity contribution >= 4 is 11.8 Å². The van der Waals surface area contributed by atoms with Gasteiger partial charge in [0.15, 0.2) is 6.79 Å². The summed E-state index contributed by atoms with van der Waals surface area (Å²) in [4.78, 5) is 1.10. The van der Waals surface area contributed by atoms with E-state index in [1.54, 1.807) is 18.9 Å². The van der Waals surface area contributed by atoms with Crippen molar-refractivity contribution in [3.63, 3.8) is 0 Å². The first kappa shape index (κ1) is 16.7. The van der Waals surface area contributed by atoms with Gasteiger partial charge in [0.05, 0.1) is 0 Å². The smallest absolute Gasteiger partial charge is 0.188 e. The highest BCUT2D eigenvalue weighted by atomic mass is 32.2. The zero-order valence-corrected chi connectivity index (χ0v) is 14.3. The second-order valence-electron chi connectivity index (χ2n) is 5.27. The Balaban J connectivity index is 2.27. The molecule has 0 bridgehead atoms. The lowest BCUT2D eigenvalue weighted by Crippen LogP contribution is -2.01. The molecule has 0 saturated heterocycles. The van der Waals surface area contributed by atoms with Gasteiger partial charge in [0.1, 0.15) is 11.5 Å².